The van der Waals surface area contributed by atoms with Crippen LogP contribution in [0.4, 0.5) is 4.79 Å². The van der Waals surface area contributed by atoms with E-state index in [2.05, 4.69) is 36.1 Å². The minimum Gasteiger partial charge on any atom is -0.351 e. The molecule has 1 aliphatic heterocycles. The molecule has 1 aliphatic rings. The van der Waals surface area contributed by atoms with Crippen molar-refractivity contribution in [3.63, 3.8) is 0 Å². The summed E-state index contributed by atoms with van der Waals surface area (Å²) in [6, 6.07) is 7.77. The lowest BCUT2D eigenvalue weighted by atomic mass is 10.1. The molecule has 8 heteroatoms. The fourth-order valence-electron chi connectivity index (χ4n) is 3.02. The van der Waals surface area contributed by atoms with E-state index in [0.717, 1.165) is 24.5 Å². The lowest BCUT2D eigenvalue weighted by molar-refractivity contribution is -0.140. The van der Waals surface area contributed by atoms with Crippen LogP contribution in [0.15, 0.2) is 24.3 Å². The van der Waals surface area contributed by atoms with E-state index in [9.17, 15) is 14.4 Å². The van der Waals surface area contributed by atoms with Gasteiger partial charge in [0.1, 0.15) is 6.54 Å². The molecule has 0 aliphatic carbocycles. The number of amides is 4. The van der Waals surface area contributed by atoms with Crippen molar-refractivity contribution in [2.75, 3.05) is 53.4 Å². The van der Waals surface area contributed by atoms with E-state index in [1.165, 1.54) is 23.1 Å². The van der Waals surface area contributed by atoms with E-state index < -0.39 is 6.03 Å². The number of primary amides is 1. The largest absolute Gasteiger partial charge is 0.351 e. The molecule has 8 nitrogen and oxygen atoms in total. The molecular weight excluding hydrogens is 346 g/mol. The molecule has 0 atom stereocenters. The minimum absolute atomic E-state index is 0.00329. The summed E-state index contributed by atoms with van der Waals surface area (Å²) >= 11 is 0. The molecule has 27 heavy (non-hydrogen) atoms. The smallest absolute Gasteiger partial charge is 0.314 e. The Kier molecular flexibility index (Phi) is 7.18. The maximum atomic E-state index is 12.5. The van der Waals surface area contributed by atoms with Gasteiger partial charge in [0, 0.05) is 46.8 Å². The zero-order valence-electron chi connectivity index (χ0n) is 16.4. The summed E-state index contributed by atoms with van der Waals surface area (Å²) in [5, 5.41) is 0. The van der Waals surface area contributed by atoms with Gasteiger partial charge in [0.2, 0.25) is 11.8 Å². The van der Waals surface area contributed by atoms with E-state index >= 15 is 0 Å². The predicted octanol–water partition coefficient (Wildman–Crippen LogP) is 0.108. The monoisotopic (exact) mass is 375 g/mol. The Morgan fingerprint density at radius 1 is 1.04 bits per heavy atom. The summed E-state index contributed by atoms with van der Waals surface area (Å²) in [5.41, 5.74) is 7.64. The highest BCUT2D eigenvalue weighted by Gasteiger charge is 2.24. The quantitative estimate of drug-likeness (QED) is 0.764. The number of hydrogen-bond acceptors (Lipinski definition) is 4. The van der Waals surface area contributed by atoms with Gasteiger partial charge in [0.15, 0.2) is 0 Å². The Morgan fingerprint density at radius 2 is 1.70 bits per heavy atom. The van der Waals surface area contributed by atoms with Gasteiger partial charge in [-0.25, -0.2) is 4.79 Å². The second kappa shape index (κ2) is 9.36. The molecule has 4 amide bonds. The Hall–Kier alpha value is -2.61. The van der Waals surface area contributed by atoms with Crippen molar-refractivity contribution in [2.24, 2.45) is 5.73 Å². The fourth-order valence-corrected chi connectivity index (χ4v) is 3.02. The minimum atomic E-state index is -0.673. The molecule has 0 radical (unpaired) electrons. The van der Waals surface area contributed by atoms with Gasteiger partial charge in [-0.05, 0) is 12.5 Å². The van der Waals surface area contributed by atoms with Crippen molar-refractivity contribution in [2.45, 2.75) is 13.5 Å². The van der Waals surface area contributed by atoms with Gasteiger partial charge in [0.05, 0.1) is 6.54 Å². The van der Waals surface area contributed by atoms with Crippen LogP contribution in [0.25, 0.3) is 0 Å². The van der Waals surface area contributed by atoms with Crippen LogP contribution in [0.1, 0.15) is 11.1 Å². The lowest BCUT2D eigenvalue weighted by Crippen LogP contribution is -2.51. The van der Waals surface area contributed by atoms with Crippen LogP contribution in [0, 0.1) is 6.92 Å². The number of aryl methyl sites for hydroxylation is 1. The molecule has 1 heterocycles. The summed E-state index contributed by atoms with van der Waals surface area (Å²) in [5.74, 6) is -0.398. The Labute approximate surface area is 160 Å². The lowest BCUT2D eigenvalue weighted by Gasteiger charge is -2.35. The summed E-state index contributed by atoms with van der Waals surface area (Å²) in [7, 11) is 3.01. The summed E-state index contributed by atoms with van der Waals surface area (Å²) in [4.78, 5) is 42.1. The van der Waals surface area contributed by atoms with Crippen molar-refractivity contribution in [1.29, 1.82) is 0 Å². The number of piperazine rings is 1. The predicted molar refractivity (Wildman–Crippen MR) is 103 cm³/mol. The van der Waals surface area contributed by atoms with Crippen LogP contribution in [-0.4, -0.2) is 90.8 Å². The number of nitrogens with two attached hydrogens (primary N) is 1. The number of carbonyl (C=O) groups excluding carboxylic acids is 3. The van der Waals surface area contributed by atoms with E-state index in [1.807, 2.05) is 0 Å². The highest BCUT2D eigenvalue weighted by molar-refractivity contribution is 5.87. The average Bonchev–Trinajstić information content (AvgIpc) is 2.62. The number of rotatable bonds is 6. The van der Waals surface area contributed by atoms with Crippen LogP contribution >= 0.6 is 0 Å². The van der Waals surface area contributed by atoms with Crippen LogP contribution < -0.4 is 5.73 Å². The molecule has 1 fully saturated rings. The third-order valence-electron chi connectivity index (χ3n) is 4.76. The fraction of sp³-hybridized carbons (Fsp3) is 0.526. The number of carbonyl (C=O) groups is 3. The Balaban J connectivity index is 1.77. The van der Waals surface area contributed by atoms with Crippen LogP contribution in [0.3, 0.4) is 0 Å². The first-order valence-electron chi connectivity index (χ1n) is 9.06. The van der Waals surface area contributed by atoms with Crippen molar-refractivity contribution in [3.05, 3.63) is 35.4 Å². The average molecular weight is 375 g/mol. The van der Waals surface area contributed by atoms with Crippen LogP contribution in [-0.2, 0) is 16.1 Å². The van der Waals surface area contributed by atoms with Crippen molar-refractivity contribution < 1.29 is 14.4 Å². The molecular formula is C19H29N5O3. The number of benzene rings is 1. The molecule has 1 aromatic rings. The Bertz CT molecular complexity index is 686. The molecule has 0 spiro atoms. The molecule has 2 N–H and O–H groups in total. The second-order valence-electron chi connectivity index (χ2n) is 7.09. The third kappa shape index (κ3) is 6.25. The number of urea groups is 1. The van der Waals surface area contributed by atoms with E-state index in [1.54, 1.807) is 11.9 Å². The number of nitrogens with zero attached hydrogens (tertiary/aromatic N) is 4. The van der Waals surface area contributed by atoms with Gasteiger partial charge in [0.25, 0.3) is 0 Å². The molecule has 1 aromatic carbocycles. The topological polar surface area (TPSA) is 90.2 Å². The van der Waals surface area contributed by atoms with Crippen LogP contribution in [0.2, 0.25) is 0 Å². The van der Waals surface area contributed by atoms with Gasteiger partial charge in [-0.1, -0.05) is 29.8 Å². The highest BCUT2D eigenvalue weighted by Crippen LogP contribution is 2.10. The zero-order valence-corrected chi connectivity index (χ0v) is 16.4. The van der Waals surface area contributed by atoms with Crippen molar-refractivity contribution >= 4 is 17.8 Å². The van der Waals surface area contributed by atoms with Crippen molar-refractivity contribution in [3.8, 4) is 0 Å². The van der Waals surface area contributed by atoms with E-state index in [0.29, 0.717) is 13.1 Å². The van der Waals surface area contributed by atoms with Gasteiger partial charge in [-0.15, -0.1) is 0 Å². The molecule has 2 rings (SSSR count). The number of hydrogen-bond donors (Lipinski definition) is 1. The first kappa shape index (κ1) is 20.7. The second-order valence-corrected chi connectivity index (χ2v) is 7.09. The first-order valence-corrected chi connectivity index (χ1v) is 9.06. The SMILES string of the molecule is Cc1cccc(CN2CCN(C(=O)CN(C)C(=O)CN(C)C(N)=O)CC2)c1. The molecule has 0 saturated carbocycles. The molecule has 148 valence electrons. The van der Waals surface area contributed by atoms with Gasteiger partial charge >= 0.3 is 6.03 Å². The zero-order chi connectivity index (χ0) is 20.0. The first-order chi connectivity index (χ1) is 12.8. The normalized spacial score (nSPS) is 14.7. The van der Waals surface area contributed by atoms with Crippen molar-refractivity contribution in [1.82, 2.24) is 19.6 Å². The highest BCUT2D eigenvalue weighted by atomic mass is 16.2. The summed E-state index contributed by atoms with van der Waals surface area (Å²) in [6.45, 7) is 5.73. The standard InChI is InChI=1S/C19H29N5O3/c1-15-5-4-6-16(11-15)12-23-7-9-24(10-8-23)18(26)14-21(2)17(25)13-22(3)19(20)27/h4-6,11H,7-10,12-14H2,1-3H3,(H2,20,27). The molecule has 0 aromatic heterocycles. The Morgan fingerprint density at radius 3 is 2.30 bits per heavy atom. The van der Waals surface area contributed by atoms with Gasteiger partial charge in [-0.2, -0.15) is 0 Å². The van der Waals surface area contributed by atoms with Gasteiger partial charge < -0.3 is 20.4 Å². The summed E-state index contributed by atoms with van der Waals surface area (Å²) < 4.78 is 0. The molecule has 0 unspecified atom stereocenters. The maximum Gasteiger partial charge on any atom is 0.314 e. The van der Waals surface area contributed by atoms with Crippen LogP contribution in [0.5, 0.6) is 0 Å². The molecule has 1 saturated heterocycles. The number of likely N-dealkylation sites (N-methyl/N-ethyl adjacent to an activating group) is 2. The van der Waals surface area contributed by atoms with E-state index in [4.69, 9.17) is 5.73 Å². The third-order valence-corrected chi connectivity index (χ3v) is 4.76. The van der Waals surface area contributed by atoms with E-state index in [-0.39, 0.29) is 24.9 Å². The molecule has 0 bridgehead atoms. The summed E-state index contributed by atoms with van der Waals surface area (Å²) in [6.07, 6.45) is 0. The maximum absolute atomic E-state index is 12.5. The van der Waals surface area contributed by atoms with Gasteiger partial charge in [-0.3, -0.25) is 14.5 Å².